The van der Waals surface area contributed by atoms with Crippen LogP contribution in [0.3, 0.4) is 0 Å². The van der Waals surface area contributed by atoms with Gasteiger partial charge in [-0.15, -0.1) is 0 Å². The van der Waals surface area contributed by atoms with Crippen LogP contribution in [0.2, 0.25) is 0 Å². The molecule has 0 saturated heterocycles. The molecule has 0 aliphatic heterocycles. The van der Waals surface area contributed by atoms with Crippen molar-refractivity contribution in [2.24, 2.45) is 5.92 Å². The van der Waals surface area contributed by atoms with Gasteiger partial charge in [-0.3, -0.25) is 4.79 Å². The number of amides is 2. The third kappa shape index (κ3) is 4.89. The molecule has 4 rings (SSSR count). The largest absolute Gasteiger partial charge is 0.478 e. The quantitative estimate of drug-likeness (QED) is 0.509. The van der Waals surface area contributed by atoms with E-state index in [-0.39, 0.29) is 29.9 Å². The van der Waals surface area contributed by atoms with Gasteiger partial charge in [0.2, 0.25) is 5.91 Å². The minimum absolute atomic E-state index is 0.0766. The average molecular weight is 473 g/mol. The maximum atomic E-state index is 13.2. The van der Waals surface area contributed by atoms with E-state index in [1.165, 1.54) is 17.0 Å². The molecule has 0 aromatic heterocycles. The van der Waals surface area contributed by atoms with Crippen molar-refractivity contribution in [1.29, 1.82) is 0 Å². The van der Waals surface area contributed by atoms with E-state index in [0.29, 0.717) is 5.69 Å². The molecular weight excluding hydrogens is 444 g/mol. The van der Waals surface area contributed by atoms with Gasteiger partial charge in [-0.05, 0) is 46.4 Å². The van der Waals surface area contributed by atoms with Gasteiger partial charge in [0.1, 0.15) is 12.6 Å². The smallest absolute Gasteiger partial charge is 0.407 e. The average Bonchev–Trinajstić information content (AvgIpc) is 3.18. The molecule has 35 heavy (non-hydrogen) atoms. The van der Waals surface area contributed by atoms with Crippen LogP contribution in [-0.4, -0.2) is 42.8 Å². The maximum absolute atomic E-state index is 13.2. The fourth-order valence-corrected chi connectivity index (χ4v) is 4.46. The third-order valence-electron chi connectivity index (χ3n) is 6.36. The van der Waals surface area contributed by atoms with E-state index in [1.807, 2.05) is 50.2 Å². The lowest BCUT2D eigenvalue weighted by Gasteiger charge is -2.27. The van der Waals surface area contributed by atoms with Crippen LogP contribution in [0.15, 0.2) is 72.8 Å². The second kappa shape index (κ2) is 10.0. The Hall–Kier alpha value is -4.13. The van der Waals surface area contributed by atoms with Gasteiger partial charge < -0.3 is 20.1 Å². The number of benzene rings is 3. The van der Waals surface area contributed by atoms with Crippen LogP contribution in [0.25, 0.3) is 11.1 Å². The number of anilines is 1. The molecule has 7 nitrogen and oxygen atoms in total. The molecule has 0 spiro atoms. The second-order valence-electron chi connectivity index (χ2n) is 8.94. The van der Waals surface area contributed by atoms with E-state index in [2.05, 4.69) is 17.4 Å². The molecular formula is C28H28N2O5. The standard InChI is InChI=1S/C28H28N2O5/c1-17(2)25(26(31)30(3)19-10-8-9-18(15-19)27(32)33)29-28(34)35-16-24-22-13-6-4-11-20(22)21-12-5-7-14-23(21)24/h4-15,17,24-25H,16H2,1-3H3,(H,29,34)(H,32,33)/t25-/m0/s1. The van der Waals surface area contributed by atoms with Crippen molar-refractivity contribution in [1.82, 2.24) is 5.32 Å². The second-order valence-corrected chi connectivity index (χ2v) is 8.94. The van der Waals surface area contributed by atoms with Crippen LogP contribution >= 0.6 is 0 Å². The number of nitrogens with zero attached hydrogens (tertiary/aromatic N) is 1. The van der Waals surface area contributed by atoms with Crippen LogP contribution in [-0.2, 0) is 9.53 Å². The van der Waals surface area contributed by atoms with Crippen molar-refractivity contribution in [2.45, 2.75) is 25.8 Å². The van der Waals surface area contributed by atoms with E-state index >= 15 is 0 Å². The number of fused-ring (bicyclic) bond motifs is 3. The van der Waals surface area contributed by atoms with Crippen molar-refractivity contribution < 1.29 is 24.2 Å². The molecule has 3 aromatic carbocycles. The summed E-state index contributed by atoms with van der Waals surface area (Å²) in [5.41, 5.74) is 4.99. The summed E-state index contributed by atoms with van der Waals surface area (Å²) in [6, 6.07) is 21.4. The molecule has 0 heterocycles. The number of carbonyl (C=O) groups excluding carboxylic acids is 2. The monoisotopic (exact) mass is 472 g/mol. The minimum Gasteiger partial charge on any atom is -0.478 e. The Morgan fingerprint density at radius 1 is 0.943 bits per heavy atom. The number of nitrogens with one attached hydrogen (secondary N) is 1. The van der Waals surface area contributed by atoms with Gasteiger partial charge in [0.05, 0.1) is 5.56 Å². The van der Waals surface area contributed by atoms with Gasteiger partial charge in [-0.2, -0.15) is 0 Å². The maximum Gasteiger partial charge on any atom is 0.407 e. The zero-order valence-corrected chi connectivity index (χ0v) is 19.9. The molecule has 3 aromatic rings. The normalized spacial score (nSPS) is 13.0. The molecule has 0 bridgehead atoms. The van der Waals surface area contributed by atoms with E-state index in [1.54, 1.807) is 19.2 Å². The molecule has 180 valence electrons. The lowest BCUT2D eigenvalue weighted by atomic mass is 9.98. The highest BCUT2D eigenvalue weighted by Crippen LogP contribution is 2.44. The number of alkyl carbamates (subject to hydrolysis) is 1. The number of carboxylic acids is 1. The van der Waals surface area contributed by atoms with Crippen LogP contribution < -0.4 is 10.2 Å². The molecule has 2 N–H and O–H groups in total. The fourth-order valence-electron chi connectivity index (χ4n) is 4.46. The first-order valence-corrected chi connectivity index (χ1v) is 11.5. The zero-order chi connectivity index (χ0) is 25.1. The highest BCUT2D eigenvalue weighted by atomic mass is 16.5. The van der Waals surface area contributed by atoms with Crippen molar-refractivity contribution in [3.63, 3.8) is 0 Å². The summed E-state index contributed by atoms with van der Waals surface area (Å²) in [4.78, 5) is 38.6. The Morgan fingerprint density at radius 2 is 1.54 bits per heavy atom. The summed E-state index contributed by atoms with van der Waals surface area (Å²) < 4.78 is 5.61. The third-order valence-corrected chi connectivity index (χ3v) is 6.36. The summed E-state index contributed by atoms with van der Waals surface area (Å²) in [5.74, 6) is -1.74. The summed E-state index contributed by atoms with van der Waals surface area (Å²) in [7, 11) is 1.55. The fraction of sp³-hybridized carbons (Fsp3) is 0.250. The number of likely N-dealkylation sites (N-methyl/N-ethyl adjacent to an activating group) is 1. The number of aromatic carboxylic acids is 1. The molecule has 1 atom stereocenters. The number of carbonyl (C=O) groups is 3. The van der Waals surface area contributed by atoms with Crippen molar-refractivity contribution in [3.05, 3.63) is 89.5 Å². The number of rotatable bonds is 7. The Bertz CT molecular complexity index is 1220. The lowest BCUT2D eigenvalue weighted by Crippen LogP contribution is -2.50. The lowest BCUT2D eigenvalue weighted by molar-refractivity contribution is -0.121. The first-order valence-electron chi connectivity index (χ1n) is 11.5. The Balaban J connectivity index is 1.45. The van der Waals surface area contributed by atoms with E-state index in [9.17, 15) is 19.5 Å². The summed E-state index contributed by atoms with van der Waals surface area (Å²) >= 11 is 0. The first-order chi connectivity index (χ1) is 16.8. The van der Waals surface area contributed by atoms with Gasteiger partial charge in [0.25, 0.3) is 0 Å². The molecule has 2 amide bonds. The van der Waals surface area contributed by atoms with Gasteiger partial charge >= 0.3 is 12.1 Å². The number of hydrogen-bond acceptors (Lipinski definition) is 4. The van der Waals surface area contributed by atoms with Gasteiger partial charge in [-0.25, -0.2) is 9.59 Å². The number of carboxylic acid groups (broad SMARTS) is 1. The van der Waals surface area contributed by atoms with E-state index in [4.69, 9.17) is 4.74 Å². The minimum atomic E-state index is -1.08. The molecule has 7 heteroatoms. The highest BCUT2D eigenvalue weighted by molar-refractivity contribution is 5.99. The molecule has 0 unspecified atom stereocenters. The topological polar surface area (TPSA) is 95.9 Å². The van der Waals surface area contributed by atoms with Crippen LogP contribution in [0.5, 0.6) is 0 Å². The molecule has 0 radical (unpaired) electrons. The number of ether oxygens (including phenoxy) is 1. The molecule has 0 saturated carbocycles. The highest BCUT2D eigenvalue weighted by Gasteiger charge is 2.31. The number of hydrogen-bond donors (Lipinski definition) is 2. The zero-order valence-electron chi connectivity index (χ0n) is 19.9. The SMILES string of the molecule is CC(C)[C@H](NC(=O)OCC1c2ccccc2-c2ccccc21)C(=O)N(C)c1cccc(C(=O)O)c1. The Kier molecular flexibility index (Phi) is 6.87. The summed E-state index contributed by atoms with van der Waals surface area (Å²) in [6.45, 7) is 3.80. The van der Waals surface area contributed by atoms with Crippen LogP contribution in [0.1, 0.15) is 41.3 Å². The van der Waals surface area contributed by atoms with E-state index in [0.717, 1.165) is 22.3 Å². The Labute approximate surface area is 204 Å². The van der Waals surface area contributed by atoms with Gasteiger partial charge in [0, 0.05) is 18.7 Å². The van der Waals surface area contributed by atoms with Crippen molar-refractivity contribution in [2.75, 3.05) is 18.6 Å². The first kappa shape index (κ1) is 24.0. The van der Waals surface area contributed by atoms with Crippen LogP contribution in [0.4, 0.5) is 10.5 Å². The Morgan fingerprint density at radius 3 is 2.11 bits per heavy atom. The predicted molar refractivity (Wildman–Crippen MR) is 134 cm³/mol. The predicted octanol–water partition coefficient (Wildman–Crippen LogP) is 4.91. The van der Waals surface area contributed by atoms with Crippen LogP contribution in [0, 0.1) is 5.92 Å². The molecule has 1 aliphatic rings. The summed E-state index contributed by atoms with van der Waals surface area (Å²) in [5, 5.41) is 11.9. The molecule has 0 fully saturated rings. The van der Waals surface area contributed by atoms with Crippen molar-refractivity contribution in [3.8, 4) is 11.1 Å². The van der Waals surface area contributed by atoms with Gasteiger partial charge in [0.15, 0.2) is 0 Å². The molecule has 1 aliphatic carbocycles. The van der Waals surface area contributed by atoms with Crippen molar-refractivity contribution >= 4 is 23.7 Å². The van der Waals surface area contributed by atoms with E-state index < -0.39 is 18.1 Å². The van der Waals surface area contributed by atoms with Gasteiger partial charge in [-0.1, -0.05) is 68.4 Å². The summed E-state index contributed by atoms with van der Waals surface area (Å²) in [6.07, 6.45) is -0.674.